The topological polar surface area (TPSA) is 206 Å². The van der Waals surface area contributed by atoms with E-state index in [0.717, 1.165) is 62.0 Å². The molecular weight excluding hydrogens is 532 g/mol. The number of hydrogen-bond donors (Lipinski definition) is 0. The lowest BCUT2D eigenvalue weighted by molar-refractivity contribution is -0.393. The van der Waals surface area contributed by atoms with Gasteiger partial charge in [0.05, 0.1) is 50.4 Å². The van der Waals surface area contributed by atoms with E-state index in [4.69, 9.17) is 9.47 Å². The molecule has 0 aromatic heterocycles. The van der Waals surface area contributed by atoms with E-state index >= 15 is 0 Å². The van der Waals surface area contributed by atoms with Crippen molar-refractivity contribution < 1.29 is 33.8 Å². The van der Waals surface area contributed by atoms with E-state index < -0.39 is 43.8 Å². The minimum absolute atomic E-state index is 0.00493. The zero-order chi connectivity index (χ0) is 27.2. The van der Waals surface area contributed by atoms with Crippen molar-refractivity contribution in [2.75, 3.05) is 14.2 Å². The number of nitrogens with zero attached hydrogens (tertiary/aromatic N) is 4. The maximum atomic E-state index is 12.4. The van der Waals surface area contributed by atoms with Crippen LogP contribution in [-0.2, 0) is 19.1 Å². The molecule has 14 nitrogen and oxygen atoms in total. The van der Waals surface area contributed by atoms with Crippen LogP contribution in [0.5, 0.6) is 0 Å². The number of nitriles is 1. The molecule has 0 amide bonds. The number of methoxy groups -OCH3 is 2. The van der Waals surface area contributed by atoms with E-state index in [9.17, 15) is 45.2 Å². The van der Waals surface area contributed by atoms with Crippen LogP contribution in [0.1, 0.15) is 16.7 Å². The Balaban J connectivity index is 2.15. The van der Waals surface area contributed by atoms with Crippen molar-refractivity contribution in [3.63, 3.8) is 0 Å². The van der Waals surface area contributed by atoms with Crippen LogP contribution in [0.3, 0.4) is 0 Å². The summed E-state index contributed by atoms with van der Waals surface area (Å²) in [5.74, 6) is -1.79. The molecule has 0 saturated carbocycles. The van der Waals surface area contributed by atoms with Gasteiger partial charge in [-0.25, -0.2) is 9.59 Å². The first-order valence-electron chi connectivity index (χ1n) is 9.75. The van der Waals surface area contributed by atoms with Gasteiger partial charge in [0, 0.05) is 40.5 Å². The van der Waals surface area contributed by atoms with Crippen LogP contribution in [0.4, 0.5) is 17.1 Å². The molecule has 0 radical (unpaired) electrons. The average molecular weight is 542 g/mol. The van der Waals surface area contributed by atoms with Crippen molar-refractivity contribution in [3.8, 4) is 17.2 Å². The predicted octanol–water partition coefficient (Wildman–Crippen LogP) is 4.02. The summed E-state index contributed by atoms with van der Waals surface area (Å²) >= 11 is 1.46. The highest BCUT2D eigenvalue weighted by Crippen LogP contribution is 2.60. The fraction of sp³-hybridized carbons (Fsp3) is 0.0952. The number of thioether (sulfide) groups is 2. The highest BCUT2D eigenvalue weighted by molar-refractivity contribution is 8.29. The average Bonchev–Trinajstić information content (AvgIpc) is 3.45. The van der Waals surface area contributed by atoms with Crippen LogP contribution in [0.2, 0.25) is 0 Å². The number of esters is 2. The van der Waals surface area contributed by atoms with Crippen LogP contribution in [0, 0.1) is 41.7 Å². The van der Waals surface area contributed by atoms with Gasteiger partial charge in [-0.1, -0.05) is 23.5 Å². The zero-order valence-corrected chi connectivity index (χ0v) is 20.1. The molecule has 2 aromatic carbocycles. The molecular formula is C21H10N4O10S2. The number of ether oxygens (including phenoxy) is 2. The van der Waals surface area contributed by atoms with E-state index in [1.54, 1.807) is 6.07 Å². The summed E-state index contributed by atoms with van der Waals surface area (Å²) in [4.78, 5) is 57.0. The molecule has 0 atom stereocenters. The number of rotatable bonds is 5. The van der Waals surface area contributed by atoms with Crippen LogP contribution >= 0.6 is 23.5 Å². The van der Waals surface area contributed by atoms with Gasteiger partial charge in [0.1, 0.15) is 15.9 Å². The maximum absolute atomic E-state index is 12.4. The Hall–Kier alpha value is -4.75. The molecule has 16 heteroatoms. The molecule has 37 heavy (non-hydrogen) atoms. The van der Waals surface area contributed by atoms with E-state index in [2.05, 4.69) is 0 Å². The molecule has 0 unspecified atom stereocenters. The Morgan fingerprint density at radius 1 is 0.811 bits per heavy atom. The number of nitro groups is 3. The molecule has 0 N–H and O–H groups in total. The van der Waals surface area contributed by atoms with Gasteiger partial charge in [-0.05, 0) is 0 Å². The number of hydrogen-bond acceptors (Lipinski definition) is 13. The first-order valence-corrected chi connectivity index (χ1v) is 11.4. The van der Waals surface area contributed by atoms with E-state index in [-0.39, 0.29) is 47.4 Å². The summed E-state index contributed by atoms with van der Waals surface area (Å²) in [5, 5.41) is 44.9. The van der Waals surface area contributed by atoms with Gasteiger partial charge in [-0.15, -0.1) is 0 Å². The van der Waals surface area contributed by atoms with Crippen molar-refractivity contribution >= 4 is 58.1 Å². The number of nitro benzene ring substituents is 3. The second-order valence-electron chi connectivity index (χ2n) is 7.19. The van der Waals surface area contributed by atoms with Gasteiger partial charge in [-0.3, -0.25) is 30.3 Å². The first kappa shape index (κ1) is 25.3. The third-order valence-electron chi connectivity index (χ3n) is 5.29. The maximum Gasteiger partial charge on any atom is 0.346 e. The highest BCUT2D eigenvalue weighted by atomic mass is 32.2. The lowest BCUT2D eigenvalue weighted by atomic mass is 9.97. The molecule has 1 aliphatic carbocycles. The molecule has 0 bridgehead atoms. The van der Waals surface area contributed by atoms with Crippen molar-refractivity contribution in [3.05, 3.63) is 85.3 Å². The quantitative estimate of drug-likeness (QED) is 0.254. The molecule has 0 saturated heterocycles. The molecule has 0 spiro atoms. The largest absolute Gasteiger partial charge is 0.465 e. The minimum atomic E-state index is -0.895. The second-order valence-corrected chi connectivity index (χ2v) is 9.49. The van der Waals surface area contributed by atoms with Gasteiger partial charge in [0.25, 0.3) is 17.1 Å². The van der Waals surface area contributed by atoms with Gasteiger partial charge >= 0.3 is 11.9 Å². The SMILES string of the molecule is COC(=O)C1=C(C(=O)OC)SC(=C2c3cc([N+](=O)[O-])cc(C#N)c3-c3c2cc([N+](=O)[O-])cc3[N+](=O)[O-])S1. The Morgan fingerprint density at radius 2 is 1.30 bits per heavy atom. The van der Waals surface area contributed by atoms with E-state index in [1.165, 1.54) is 0 Å². The minimum Gasteiger partial charge on any atom is -0.465 e. The number of non-ortho nitro benzene ring substituents is 2. The van der Waals surface area contributed by atoms with Gasteiger partial charge in [0.2, 0.25) is 0 Å². The normalized spacial score (nSPS) is 13.5. The fourth-order valence-corrected chi connectivity index (χ4v) is 6.45. The summed E-state index contributed by atoms with van der Waals surface area (Å²) in [6.45, 7) is 0. The van der Waals surface area contributed by atoms with Crippen molar-refractivity contribution in [2.24, 2.45) is 0 Å². The summed E-state index contributed by atoms with van der Waals surface area (Å²) in [6.07, 6.45) is 0. The summed E-state index contributed by atoms with van der Waals surface area (Å²) in [7, 11) is 2.16. The van der Waals surface area contributed by atoms with Crippen LogP contribution in [-0.4, -0.2) is 40.9 Å². The molecule has 0 fully saturated rings. The van der Waals surface area contributed by atoms with E-state index in [1.807, 2.05) is 0 Å². The summed E-state index contributed by atoms with van der Waals surface area (Å²) < 4.78 is 9.59. The van der Waals surface area contributed by atoms with Crippen LogP contribution < -0.4 is 0 Å². The molecule has 1 aliphatic heterocycles. The van der Waals surface area contributed by atoms with Gasteiger partial charge in [0.15, 0.2) is 0 Å². The van der Waals surface area contributed by atoms with E-state index in [0.29, 0.717) is 0 Å². The number of benzene rings is 2. The summed E-state index contributed by atoms with van der Waals surface area (Å²) in [5.41, 5.74) is -2.38. The molecule has 1 heterocycles. The Labute approximate surface area is 214 Å². The molecule has 186 valence electrons. The third kappa shape index (κ3) is 4.05. The highest BCUT2D eigenvalue weighted by Gasteiger charge is 2.42. The molecule has 2 aromatic rings. The number of fused-ring (bicyclic) bond motifs is 3. The lowest BCUT2D eigenvalue weighted by Gasteiger charge is -2.08. The predicted molar refractivity (Wildman–Crippen MR) is 129 cm³/mol. The lowest BCUT2D eigenvalue weighted by Crippen LogP contribution is -2.08. The number of carbonyl (C=O) groups excluding carboxylic acids is 2. The Morgan fingerprint density at radius 3 is 1.73 bits per heavy atom. The van der Waals surface area contributed by atoms with Crippen molar-refractivity contribution in [2.45, 2.75) is 0 Å². The van der Waals surface area contributed by atoms with Crippen molar-refractivity contribution in [1.82, 2.24) is 0 Å². The molecule has 4 rings (SSSR count). The zero-order valence-electron chi connectivity index (χ0n) is 18.5. The fourth-order valence-electron chi connectivity index (χ4n) is 3.83. The van der Waals surface area contributed by atoms with Crippen LogP contribution in [0.15, 0.2) is 38.3 Å². The third-order valence-corrected chi connectivity index (χ3v) is 7.85. The number of carbonyl (C=O) groups is 2. The summed E-state index contributed by atoms with van der Waals surface area (Å²) in [6, 6.07) is 5.57. The van der Waals surface area contributed by atoms with Crippen LogP contribution in [0.25, 0.3) is 16.7 Å². The smallest absolute Gasteiger partial charge is 0.346 e. The Bertz CT molecular complexity index is 1560. The van der Waals surface area contributed by atoms with Gasteiger partial charge < -0.3 is 9.47 Å². The van der Waals surface area contributed by atoms with Gasteiger partial charge in [-0.2, -0.15) is 5.26 Å². The van der Waals surface area contributed by atoms with Crippen molar-refractivity contribution in [1.29, 1.82) is 5.26 Å². The second kappa shape index (κ2) is 9.37. The first-order chi connectivity index (χ1) is 17.5. The molecule has 2 aliphatic rings. The Kier molecular flexibility index (Phi) is 6.42. The monoisotopic (exact) mass is 542 g/mol. The standard InChI is InChI=1S/C21H10N4O10S2/c1-34-19(26)17-18(20(27)35-2)37-21(36-17)15-11-4-9(23(28)29)3-8(7-22)14(11)16-12(15)5-10(24(30)31)6-13(16)25(32)33/h3-6H,1-2H3.